The largest absolute Gasteiger partial charge is 0.506 e. The molecule has 0 heterocycles. The minimum atomic E-state index is -5.28. The molecule has 0 aliphatic carbocycles. The van der Waals surface area contributed by atoms with Crippen molar-refractivity contribution in [3.05, 3.63) is 12.1 Å². The Morgan fingerprint density at radius 2 is 1.69 bits per heavy atom. The number of hydrogen-bond donors (Lipinski definition) is 0. The van der Waals surface area contributed by atoms with Crippen molar-refractivity contribution in [2.45, 2.75) is 26.1 Å². The van der Waals surface area contributed by atoms with E-state index >= 15 is 0 Å². The van der Waals surface area contributed by atoms with Gasteiger partial charge in [-0.1, -0.05) is 0 Å². The summed E-state index contributed by atoms with van der Waals surface area (Å²) < 4.78 is 72.7. The van der Waals surface area contributed by atoms with E-state index in [0.29, 0.717) is 4.90 Å². The van der Waals surface area contributed by atoms with Gasteiger partial charge in [0.15, 0.2) is 0 Å². The molecule has 1 nitrogen and oxygen atoms in total. The molecule has 0 aliphatic rings. The average Bonchev–Trinajstić information content (AvgIpc) is 1.98. The third kappa shape index (κ3) is 6.04. The van der Waals surface area contributed by atoms with Gasteiger partial charge in [-0.05, 0) is 20.4 Å². The quantitative estimate of drug-likeness (QED) is 0.533. The molecule has 0 aliphatic heterocycles. The first kappa shape index (κ1) is 15.3. The highest BCUT2D eigenvalue weighted by molar-refractivity contribution is 6.66. The molecule has 16 heavy (non-hydrogen) atoms. The fraction of sp³-hybridized carbons (Fsp3) is 0.750. The smallest absolute Gasteiger partial charge is 0.445 e. The highest BCUT2D eigenvalue weighted by atomic mass is 19.4. The van der Waals surface area contributed by atoms with Crippen molar-refractivity contribution in [1.29, 1.82) is 0 Å². The van der Waals surface area contributed by atoms with Gasteiger partial charge in [-0.15, -0.1) is 12.1 Å². The maximum absolute atomic E-state index is 12.2. The second-order valence-electron chi connectivity index (χ2n) is 3.85. The molecule has 0 radical (unpaired) electrons. The zero-order valence-corrected chi connectivity index (χ0v) is 8.99. The van der Waals surface area contributed by atoms with E-state index < -0.39 is 37.8 Å². The molecule has 0 spiro atoms. The zero-order valence-electron chi connectivity index (χ0n) is 8.99. The van der Waals surface area contributed by atoms with Gasteiger partial charge >= 0.3 is 13.2 Å². The van der Waals surface area contributed by atoms with Crippen LogP contribution in [0.2, 0.25) is 0 Å². The van der Waals surface area contributed by atoms with Crippen LogP contribution in [0.15, 0.2) is 12.1 Å². The van der Waals surface area contributed by atoms with Crippen LogP contribution < -0.4 is 0 Å². The predicted molar refractivity (Wildman–Crippen MR) is 51.0 cm³/mol. The normalized spacial score (nSPS) is 13.6. The maximum atomic E-state index is 12.2. The van der Waals surface area contributed by atoms with Gasteiger partial charge in [0.1, 0.15) is 0 Å². The van der Waals surface area contributed by atoms with Crippen LogP contribution in [0, 0.1) is 0 Å². The molecule has 0 amide bonds. The van der Waals surface area contributed by atoms with Crippen molar-refractivity contribution >= 4 is 6.98 Å². The highest BCUT2D eigenvalue weighted by Gasteiger charge is 2.34. The Kier molecular flexibility index (Phi) is 4.91. The monoisotopic (exact) mass is 248 g/mol. The molecule has 0 aromatic rings. The van der Waals surface area contributed by atoms with Crippen molar-refractivity contribution in [1.82, 2.24) is 4.90 Å². The number of hydrogen-bond acceptors (Lipinski definition) is 1. The van der Waals surface area contributed by atoms with Crippen LogP contribution >= 0.6 is 0 Å². The van der Waals surface area contributed by atoms with Gasteiger partial charge in [-0.25, -0.2) is 0 Å². The maximum Gasteiger partial charge on any atom is 0.506 e. The topological polar surface area (TPSA) is 3.24 Å². The Balaban J connectivity index is 4.54. The van der Waals surface area contributed by atoms with Crippen LogP contribution in [0.5, 0.6) is 0 Å². The number of nitrogens with zero attached hydrogens (tertiary/aromatic N) is 1. The van der Waals surface area contributed by atoms with Crippen LogP contribution in [0.4, 0.5) is 26.1 Å². The Morgan fingerprint density at radius 3 is 1.94 bits per heavy atom. The number of alkyl halides is 3. The Labute approximate surface area is 90.2 Å². The summed E-state index contributed by atoms with van der Waals surface area (Å²) in [5, 5.41) is 0. The fourth-order valence-electron chi connectivity index (χ4n) is 1.02. The highest BCUT2D eigenvalue weighted by Crippen LogP contribution is 2.23. The predicted octanol–water partition coefficient (Wildman–Crippen LogP) is 3.20. The summed E-state index contributed by atoms with van der Waals surface area (Å²) in [6.45, 7) is -1.87. The zero-order chi connectivity index (χ0) is 13.1. The van der Waals surface area contributed by atoms with Crippen molar-refractivity contribution in [3.63, 3.8) is 0 Å². The lowest BCUT2D eigenvalue weighted by Crippen LogP contribution is -2.42. The van der Waals surface area contributed by atoms with Crippen molar-refractivity contribution in [2.24, 2.45) is 0 Å². The summed E-state index contributed by atoms with van der Waals surface area (Å²) in [6, 6.07) is -0.628. The average molecular weight is 248 g/mol. The van der Waals surface area contributed by atoms with Crippen molar-refractivity contribution in [2.75, 3.05) is 13.1 Å². The molecule has 96 valence electrons. The Morgan fingerprint density at radius 1 is 1.25 bits per heavy atom. The first-order valence-corrected chi connectivity index (χ1v) is 4.62. The second kappa shape index (κ2) is 5.12. The van der Waals surface area contributed by atoms with E-state index in [1.54, 1.807) is 0 Å². The van der Waals surface area contributed by atoms with Gasteiger partial charge in [0.2, 0.25) is 0 Å². The summed E-state index contributed by atoms with van der Waals surface area (Å²) in [6.07, 6.45) is -4.51. The van der Waals surface area contributed by atoms with Gasteiger partial charge in [0, 0.05) is 6.04 Å². The first-order chi connectivity index (χ1) is 6.93. The van der Waals surface area contributed by atoms with Crippen LogP contribution in [-0.2, 0) is 0 Å². The van der Waals surface area contributed by atoms with E-state index in [1.807, 2.05) is 0 Å². The fourth-order valence-corrected chi connectivity index (χ4v) is 1.02. The van der Waals surface area contributed by atoms with Crippen LogP contribution in [0.25, 0.3) is 0 Å². The van der Waals surface area contributed by atoms with E-state index in [2.05, 4.69) is 6.58 Å². The van der Waals surface area contributed by atoms with Gasteiger partial charge < -0.3 is 12.9 Å². The molecule has 0 fully saturated rings. The standard InChI is InChI=1S/C8H13BF6N/c1-6(2)16(5-8(10,11)12)4-7(3)9(13,14)15/h6H,3-5H2,1-2H3/q-1. The van der Waals surface area contributed by atoms with Crippen LogP contribution in [0.1, 0.15) is 13.8 Å². The molecule has 0 aromatic carbocycles. The van der Waals surface area contributed by atoms with Crippen molar-refractivity contribution in [3.8, 4) is 0 Å². The van der Waals surface area contributed by atoms with E-state index in [4.69, 9.17) is 0 Å². The molecular formula is C8H13BF6N-. The molecule has 0 saturated heterocycles. The lowest BCUT2D eigenvalue weighted by Gasteiger charge is -2.31. The number of rotatable bonds is 5. The summed E-state index contributed by atoms with van der Waals surface area (Å²) in [5.41, 5.74) is -1.11. The second-order valence-corrected chi connectivity index (χ2v) is 3.85. The molecule has 0 N–H and O–H groups in total. The molecule has 0 rings (SSSR count). The van der Waals surface area contributed by atoms with E-state index in [9.17, 15) is 26.1 Å². The van der Waals surface area contributed by atoms with Crippen LogP contribution in [-0.4, -0.2) is 37.2 Å². The Bertz CT molecular complexity index is 244. The molecular weight excluding hydrogens is 235 g/mol. The lowest BCUT2D eigenvalue weighted by molar-refractivity contribution is -0.148. The summed E-state index contributed by atoms with van der Waals surface area (Å²) in [4.78, 5) is 0.692. The summed E-state index contributed by atoms with van der Waals surface area (Å²) >= 11 is 0. The van der Waals surface area contributed by atoms with E-state index in [1.165, 1.54) is 13.8 Å². The number of halogens is 6. The molecule has 8 heteroatoms. The SMILES string of the molecule is C=C(CN(CC(F)(F)F)C(C)C)[B-](F)(F)F. The van der Waals surface area contributed by atoms with Crippen molar-refractivity contribution < 1.29 is 26.1 Å². The van der Waals surface area contributed by atoms with E-state index in [0.717, 1.165) is 0 Å². The Hall–Kier alpha value is -0.655. The molecule has 0 saturated carbocycles. The third-order valence-electron chi connectivity index (χ3n) is 1.98. The van der Waals surface area contributed by atoms with Gasteiger partial charge in [0.25, 0.3) is 0 Å². The summed E-state index contributed by atoms with van der Waals surface area (Å²) in [5.74, 6) is 0. The third-order valence-corrected chi connectivity index (χ3v) is 1.98. The van der Waals surface area contributed by atoms with Crippen LogP contribution in [0.3, 0.4) is 0 Å². The minimum absolute atomic E-state index is 0.628. The molecule has 0 unspecified atom stereocenters. The van der Waals surface area contributed by atoms with E-state index in [-0.39, 0.29) is 0 Å². The minimum Gasteiger partial charge on any atom is -0.445 e. The lowest BCUT2D eigenvalue weighted by atomic mass is 9.80. The van der Waals surface area contributed by atoms with Gasteiger partial charge in [-0.2, -0.15) is 13.2 Å². The molecule has 0 atom stereocenters. The summed E-state index contributed by atoms with van der Waals surface area (Å²) in [7, 11) is 0. The first-order valence-electron chi connectivity index (χ1n) is 4.62. The van der Waals surface area contributed by atoms with Gasteiger partial charge in [-0.3, -0.25) is 4.90 Å². The molecule has 0 aromatic heterocycles. The molecule has 0 bridgehead atoms. The van der Waals surface area contributed by atoms with Gasteiger partial charge in [0.05, 0.1) is 6.54 Å².